The Bertz CT molecular complexity index is 1970. The first kappa shape index (κ1) is 27.3. The van der Waals surface area contributed by atoms with Gasteiger partial charge in [-0.15, -0.1) is 0 Å². The summed E-state index contributed by atoms with van der Waals surface area (Å²) in [4.78, 5) is 0. The van der Waals surface area contributed by atoms with Crippen LogP contribution < -0.4 is 24.8 Å². The Kier molecular flexibility index (Phi) is 7.20. The first-order valence-corrected chi connectivity index (χ1v) is 17.3. The third-order valence-electron chi connectivity index (χ3n) is 8.64. The Labute approximate surface area is 256 Å². The second-order valence-corrected chi connectivity index (χ2v) is 17.9. The molecule has 0 nitrogen and oxygen atoms in total. The summed E-state index contributed by atoms with van der Waals surface area (Å²) in [5.74, 6) is 0. The van der Waals surface area contributed by atoms with E-state index in [-0.39, 0.29) is 24.8 Å². The van der Waals surface area contributed by atoms with Crippen molar-refractivity contribution in [3.05, 3.63) is 149 Å². The zero-order valence-corrected chi connectivity index (χ0v) is 26.5. The molecular weight excluding hydrogens is 607 g/mol. The third-order valence-corrected chi connectivity index (χ3v) is 15.8. The van der Waals surface area contributed by atoms with E-state index in [1.165, 1.54) is 66.1 Å². The van der Waals surface area contributed by atoms with Gasteiger partial charge in [0.25, 0.3) is 0 Å². The van der Waals surface area contributed by atoms with Gasteiger partial charge in [-0.3, -0.25) is 0 Å². The van der Waals surface area contributed by atoms with E-state index in [4.69, 9.17) is 0 Å². The molecular formula is C37H28Cl2Zr. The Hall–Kier alpha value is -2.83. The maximum absolute atomic E-state index is 2.52. The molecule has 0 saturated heterocycles. The summed E-state index contributed by atoms with van der Waals surface area (Å²) in [5, 5.41) is 5.47. The number of hydrogen-bond acceptors (Lipinski definition) is 0. The van der Waals surface area contributed by atoms with Crippen LogP contribution in [0.1, 0.15) is 36.1 Å². The molecule has 4 aromatic carbocycles. The van der Waals surface area contributed by atoms with E-state index in [9.17, 15) is 0 Å². The Balaban J connectivity index is 0.00000145. The minimum atomic E-state index is -2.38. The molecule has 4 aliphatic rings. The maximum Gasteiger partial charge on any atom is -1.00 e. The summed E-state index contributed by atoms with van der Waals surface area (Å²) in [6, 6.07) is 27.1. The molecule has 0 spiro atoms. The largest absolute Gasteiger partial charge is 1.00 e. The second kappa shape index (κ2) is 10.5. The molecule has 0 N–H and O–H groups in total. The van der Waals surface area contributed by atoms with Gasteiger partial charge in [-0.2, -0.15) is 0 Å². The van der Waals surface area contributed by atoms with Crippen LogP contribution in [-0.4, -0.2) is 3.21 Å². The van der Waals surface area contributed by atoms with Crippen LogP contribution >= 0.6 is 0 Å². The van der Waals surface area contributed by atoms with Crippen molar-refractivity contribution < 1.29 is 46.1 Å². The van der Waals surface area contributed by atoms with E-state index in [2.05, 4.69) is 123 Å². The van der Waals surface area contributed by atoms with Gasteiger partial charge < -0.3 is 24.8 Å². The average Bonchev–Trinajstić information content (AvgIpc) is 3.57. The monoisotopic (exact) mass is 632 g/mol. The predicted octanol–water partition coefficient (Wildman–Crippen LogP) is 3.06. The van der Waals surface area contributed by atoms with Crippen molar-refractivity contribution in [2.75, 3.05) is 0 Å². The van der Waals surface area contributed by atoms with Crippen LogP contribution in [0.4, 0.5) is 0 Å². The van der Waals surface area contributed by atoms with E-state index in [1.54, 1.807) is 9.77 Å². The topological polar surface area (TPSA) is 0 Å². The van der Waals surface area contributed by atoms with Crippen LogP contribution in [0.5, 0.6) is 0 Å². The third kappa shape index (κ3) is 4.01. The van der Waals surface area contributed by atoms with Gasteiger partial charge >= 0.3 is 233 Å². The van der Waals surface area contributed by atoms with Gasteiger partial charge in [0.05, 0.1) is 0 Å². The van der Waals surface area contributed by atoms with Crippen molar-refractivity contribution >= 4 is 35.9 Å². The molecule has 0 atom stereocenters. The van der Waals surface area contributed by atoms with Gasteiger partial charge in [0.1, 0.15) is 0 Å². The van der Waals surface area contributed by atoms with Crippen LogP contribution in [0.3, 0.4) is 0 Å². The summed E-state index contributed by atoms with van der Waals surface area (Å²) >= 11 is -2.38. The second-order valence-electron chi connectivity index (χ2n) is 11.0. The summed E-state index contributed by atoms with van der Waals surface area (Å²) in [7, 11) is 0. The maximum atomic E-state index is 2.52. The number of fused-ring (bicyclic) bond motifs is 10. The zero-order valence-electron chi connectivity index (χ0n) is 22.6. The summed E-state index contributed by atoms with van der Waals surface area (Å²) in [5.41, 5.74) is 11.8. The molecule has 194 valence electrons. The fourth-order valence-corrected chi connectivity index (χ4v) is 14.1. The zero-order chi connectivity index (χ0) is 25.4. The van der Waals surface area contributed by atoms with Gasteiger partial charge in [-0.05, 0) is 0 Å². The summed E-state index contributed by atoms with van der Waals surface area (Å²) < 4.78 is 4.92. The summed E-state index contributed by atoms with van der Waals surface area (Å²) in [6.45, 7) is 4.80. The quantitative estimate of drug-likeness (QED) is 0.318. The molecule has 0 amide bonds. The predicted molar refractivity (Wildman–Crippen MR) is 160 cm³/mol. The molecule has 0 aliphatic heterocycles. The van der Waals surface area contributed by atoms with Crippen LogP contribution in [0, 0.1) is 0 Å². The number of allylic oxidation sites excluding steroid dienone is 12. The average molecular weight is 635 g/mol. The first-order valence-electron chi connectivity index (χ1n) is 13.6. The van der Waals surface area contributed by atoms with E-state index in [0.29, 0.717) is 0 Å². The molecule has 3 heteroatoms. The van der Waals surface area contributed by atoms with Gasteiger partial charge in [0, 0.05) is 0 Å². The molecule has 0 heterocycles. The molecule has 0 fully saturated rings. The molecule has 0 saturated carbocycles. The minimum absolute atomic E-state index is 0. The van der Waals surface area contributed by atoms with Crippen LogP contribution in [0.15, 0.2) is 127 Å². The number of hydrogen-bond donors (Lipinski definition) is 0. The molecule has 4 aliphatic carbocycles. The smallest absolute Gasteiger partial charge is 1.00 e. The summed E-state index contributed by atoms with van der Waals surface area (Å²) in [6.07, 6.45) is 16.8. The van der Waals surface area contributed by atoms with Gasteiger partial charge in [-0.25, -0.2) is 0 Å². The normalized spacial score (nSPS) is 15.8. The van der Waals surface area contributed by atoms with E-state index >= 15 is 0 Å². The van der Waals surface area contributed by atoms with Gasteiger partial charge in [0.2, 0.25) is 0 Å². The van der Waals surface area contributed by atoms with Crippen LogP contribution in [0.2, 0.25) is 0 Å². The van der Waals surface area contributed by atoms with Crippen molar-refractivity contribution in [1.29, 1.82) is 0 Å². The van der Waals surface area contributed by atoms with E-state index in [0.717, 1.165) is 12.8 Å². The molecule has 4 aromatic rings. The Morgan fingerprint density at radius 3 is 1.95 bits per heavy atom. The van der Waals surface area contributed by atoms with Gasteiger partial charge in [0.15, 0.2) is 0 Å². The Morgan fingerprint density at radius 1 is 0.625 bits per heavy atom. The molecule has 40 heavy (non-hydrogen) atoms. The molecule has 8 rings (SSSR count). The van der Waals surface area contributed by atoms with Crippen molar-refractivity contribution in [2.45, 2.75) is 26.7 Å². The van der Waals surface area contributed by atoms with E-state index in [1.807, 2.05) is 0 Å². The van der Waals surface area contributed by atoms with Crippen molar-refractivity contribution in [1.82, 2.24) is 0 Å². The fourth-order valence-electron chi connectivity index (χ4n) is 7.00. The van der Waals surface area contributed by atoms with Crippen LogP contribution in [-0.2, 0) is 34.1 Å². The van der Waals surface area contributed by atoms with E-state index < -0.39 is 21.3 Å². The standard InChI is InChI=1S/2C17H11.C3H6.2ClH.Zr/c2*1-2-6-15-12(4-1)8-10-14-11-9-13-5-3-7-16(13)17(14)15;1-3-2;;;/h1-4,6-10H,11H2;1-6,8-10H,11H2;1-2H3;2*1H;/q;;;;;+2/p-2. The molecule has 0 bridgehead atoms. The molecule has 0 unspecified atom stereocenters. The Morgan fingerprint density at radius 2 is 1.25 bits per heavy atom. The first-order chi connectivity index (χ1) is 18.7. The minimum Gasteiger partial charge on any atom is -1.00 e. The number of rotatable bonds is 2. The SMILES string of the molecule is C[C](C)=[Zr+2]([C]1=CC=C2C1=CCc1ccc3ccccc3c12)[C]1=C2C(=CCc3ccc4ccccc4c32)C=C1.[Cl-].[Cl-]. The van der Waals surface area contributed by atoms with Crippen molar-refractivity contribution in [3.8, 4) is 0 Å². The van der Waals surface area contributed by atoms with Gasteiger partial charge in [-0.1, -0.05) is 0 Å². The number of halogens is 2. The molecule has 0 aromatic heterocycles. The van der Waals surface area contributed by atoms with Crippen molar-refractivity contribution in [2.24, 2.45) is 0 Å². The number of benzene rings is 4. The fraction of sp³-hybridized carbons (Fsp3) is 0.108. The van der Waals surface area contributed by atoms with Crippen molar-refractivity contribution in [3.63, 3.8) is 0 Å². The molecule has 0 radical (unpaired) electrons. The van der Waals surface area contributed by atoms with Crippen LogP contribution in [0.25, 0.3) is 32.7 Å².